The Morgan fingerprint density at radius 1 is 1.15 bits per heavy atom. The summed E-state index contributed by atoms with van der Waals surface area (Å²) in [5, 5.41) is 0. The van der Waals surface area contributed by atoms with E-state index in [0.717, 1.165) is 36.8 Å². The highest BCUT2D eigenvalue weighted by atomic mass is 15.2. The number of hydrogen-bond donors (Lipinski definition) is 0. The Balaban J connectivity index is 1.79. The van der Waals surface area contributed by atoms with Crippen LogP contribution in [-0.2, 0) is 0 Å². The quantitative estimate of drug-likeness (QED) is 0.840. The number of pyridine rings is 1. The van der Waals surface area contributed by atoms with E-state index >= 15 is 0 Å². The molecule has 3 heterocycles. The maximum atomic E-state index is 4.56. The van der Waals surface area contributed by atoms with Gasteiger partial charge >= 0.3 is 0 Å². The first kappa shape index (κ1) is 13.0. The van der Waals surface area contributed by atoms with Crippen molar-refractivity contribution in [1.82, 2.24) is 15.0 Å². The summed E-state index contributed by atoms with van der Waals surface area (Å²) in [6.45, 7) is 8.12. The van der Waals surface area contributed by atoms with Crippen molar-refractivity contribution in [3.8, 4) is 0 Å². The fraction of sp³-hybridized carbons (Fsp3) is 0.438. The summed E-state index contributed by atoms with van der Waals surface area (Å²) in [6, 6.07) is 6.32. The second-order valence-electron chi connectivity index (χ2n) is 5.60. The number of rotatable bonds is 2. The van der Waals surface area contributed by atoms with Crippen molar-refractivity contribution in [3.05, 3.63) is 47.2 Å². The molecule has 0 radical (unpaired) electrons. The molecule has 0 amide bonds. The van der Waals surface area contributed by atoms with Gasteiger partial charge < -0.3 is 4.90 Å². The summed E-state index contributed by atoms with van der Waals surface area (Å²) in [5.74, 6) is 2.40. The van der Waals surface area contributed by atoms with Gasteiger partial charge in [-0.2, -0.15) is 0 Å². The predicted molar refractivity (Wildman–Crippen MR) is 80.1 cm³/mol. The number of hydrogen-bond acceptors (Lipinski definition) is 4. The molecular formula is C16H20N4. The summed E-state index contributed by atoms with van der Waals surface area (Å²) in [7, 11) is 0. The predicted octanol–water partition coefficient (Wildman–Crippen LogP) is 2.79. The summed E-state index contributed by atoms with van der Waals surface area (Å²) in [6.07, 6.45) is 3.05. The minimum atomic E-state index is 0.505. The molecule has 1 aliphatic rings. The fourth-order valence-corrected chi connectivity index (χ4v) is 2.85. The van der Waals surface area contributed by atoms with Crippen LogP contribution in [0.15, 0.2) is 24.4 Å². The Hall–Kier alpha value is -1.97. The number of aromatic nitrogens is 3. The van der Waals surface area contributed by atoms with Crippen LogP contribution >= 0.6 is 0 Å². The van der Waals surface area contributed by atoms with E-state index in [1.54, 1.807) is 0 Å². The van der Waals surface area contributed by atoms with Gasteiger partial charge in [0.1, 0.15) is 11.6 Å². The van der Waals surface area contributed by atoms with E-state index in [2.05, 4.69) is 38.9 Å². The average Bonchev–Trinajstić information content (AvgIpc) is 2.87. The van der Waals surface area contributed by atoms with Crippen molar-refractivity contribution in [2.75, 3.05) is 18.0 Å². The molecule has 2 aromatic heterocycles. The molecule has 0 aromatic carbocycles. The maximum absolute atomic E-state index is 4.56. The van der Waals surface area contributed by atoms with E-state index < -0.39 is 0 Å². The molecule has 1 atom stereocenters. The highest BCUT2D eigenvalue weighted by Gasteiger charge is 2.26. The van der Waals surface area contributed by atoms with Crippen LogP contribution in [0.1, 0.15) is 35.1 Å². The van der Waals surface area contributed by atoms with E-state index in [-0.39, 0.29) is 0 Å². The number of nitrogens with zero attached hydrogens (tertiary/aromatic N) is 4. The average molecular weight is 268 g/mol. The van der Waals surface area contributed by atoms with E-state index in [4.69, 9.17) is 0 Å². The minimum absolute atomic E-state index is 0.505. The lowest BCUT2D eigenvalue weighted by Gasteiger charge is -2.18. The summed E-state index contributed by atoms with van der Waals surface area (Å²) in [4.78, 5) is 15.8. The van der Waals surface area contributed by atoms with Crippen LogP contribution < -0.4 is 4.90 Å². The fourth-order valence-electron chi connectivity index (χ4n) is 2.85. The number of aryl methyl sites for hydroxylation is 3. The van der Waals surface area contributed by atoms with Gasteiger partial charge in [0.15, 0.2) is 0 Å². The normalized spacial score (nSPS) is 18.6. The second kappa shape index (κ2) is 5.19. The Morgan fingerprint density at radius 2 is 2.00 bits per heavy atom. The van der Waals surface area contributed by atoms with Gasteiger partial charge in [-0.3, -0.25) is 4.98 Å². The first-order valence-corrected chi connectivity index (χ1v) is 7.11. The molecule has 0 spiro atoms. The molecule has 4 nitrogen and oxygen atoms in total. The SMILES string of the molecule is Cc1ccnc([C@H]2CCN(c3cc(C)nc(C)n3)C2)c1. The third kappa shape index (κ3) is 2.64. The van der Waals surface area contributed by atoms with E-state index in [1.165, 1.54) is 11.3 Å². The highest BCUT2D eigenvalue weighted by Crippen LogP contribution is 2.29. The van der Waals surface area contributed by atoms with Gasteiger partial charge in [0, 0.05) is 42.7 Å². The monoisotopic (exact) mass is 268 g/mol. The van der Waals surface area contributed by atoms with Gasteiger partial charge in [-0.1, -0.05) is 0 Å². The topological polar surface area (TPSA) is 41.9 Å². The Kier molecular flexibility index (Phi) is 3.38. The third-order valence-electron chi connectivity index (χ3n) is 3.82. The second-order valence-corrected chi connectivity index (χ2v) is 5.60. The molecule has 0 bridgehead atoms. The first-order chi connectivity index (χ1) is 9.61. The van der Waals surface area contributed by atoms with Crippen LogP contribution in [0.25, 0.3) is 0 Å². The highest BCUT2D eigenvalue weighted by molar-refractivity contribution is 5.42. The zero-order valence-corrected chi connectivity index (χ0v) is 12.3. The van der Waals surface area contributed by atoms with Crippen LogP contribution in [0.5, 0.6) is 0 Å². The van der Waals surface area contributed by atoms with Gasteiger partial charge in [-0.05, 0) is 44.9 Å². The van der Waals surface area contributed by atoms with Gasteiger partial charge in [0.05, 0.1) is 0 Å². The Labute approximate surface area is 119 Å². The molecule has 1 aliphatic heterocycles. The lowest BCUT2D eigenvalue weighted by Crippen LogP contribution is -2.21. The maximum Gasteiger partial charge on any atom is 0.132 e. The molecular weight excluding hydrogens is 248 g/mol. The van der Waals surface area contributed by atoms with Crippen LogP contribution in [0.3, 0.4) is 0 Å². The van der Waals surface area contributed by atoms with E-state index in [9.17, 15) is 0 Å². The van der Waals surface area contributed by atoms with Crippen LogP contribution in [0.4, 0.5) is 5.82 Å². The van der Waals surface area contributed by atoms with Crippen LogP contribution in [-0.4, -0.2) is 28.0 Å². The lowest BCUT2D eigenvalue weighted by molar-refractivity contribution is 0.742. The summed E-state index contributed by atoms with van der Waals surface area (Å²) in [5.41, 5.74) is 3.52. The van der Waals surface area contributed by atoms with Crippen molar-refractivity contribution >= 4 is 5.82 Å². The molecule has 0 saturated carbocycles. The van der Waals surface area contributed by atoms with Crippen molar-refractivity contribution < 1.29 is 0 Å². The third-order valence-corrected chi connectivity index (χ3v) is 3.82. The van der Waals surface area contributed by atoms with Gasteiger partial charge in [-0.25, -0.2) is 9.97 Å². The van der Waals surface area contributed by atoms with Crippen LogP contribution in [0, 0.1) is 20.8 Å². The van der Waals surface area contributed by atoms with Crippen LogP contribution in [0.2, 0.25) is 0 Å². The molecule has 20 heavy (non-hydrogen) atoms. The molecule has 1 saturated heterocycles. The molecule has 1 fully saturated rings. The zero-order chi connectivity index (χ0) is 14.1. The largest absolute Gasteiger partial charge is 0.356 e. The van der Waals surface area contributed by atoms with E-state index in [1.807, 2.05) is 26.1 Å². The molecule has 4 heteroatoms. The first-order valence-electron chi connectivity index (χ1n) is 7.11. The molecule has 0 N–H and O–H groups in total. The number of anilines is 1. The zero-order valence-electron chi connectivity index (χ0n) is 12.3. The molecule has 0 aliphatic carbocycles. The lowest BCUT2D eigenvalue weighted by atomic mass is 10.0. The molecule has 0 unspecified atom stereocenters. The molecule has 3 rings (SSSR count). The molecule has 104 valence electrons. The minimum Gasteiger partial charge on any atom is -0.356 e. The van der Waals surface area contributed by atoms with Gasteiger partial charge in [0.2, 0.25) is 0 Å². The van der Waals surface area contributed by atoms with Gasteiger partial charge in [0.25, 0.3) is 0 Å². The van der Waals surface area contributed by atoms with Crippen molar-refractivity contribution in [2.24, 2.45) is 0 Å². The smallest absolute Gasteiger partial charge is 0.132 e. The standard InChI is InChI=1S/C16H20N4/c1-11-4-6-17-15(8-11)14-5-7-20(10-14)16-9-12(2)18-13(3)19-16/h4,6,8-9,14H,5,7,10H2,1-3H3/t14-/m0/s1. The van der Waals surface area contributed by atoms with Crippen molar-refractivity contribution in [2.45, 2.75) is 33.1 Å². The Bertz CT molecular complexity index is 603. The molecule has 2 aromatic rings. The van der Waals surface area contributed by atoms with Gasteiger partial charge in [-0.15, -0.1) is 0 Å². The van der Waals surface area contributed by atoms with Crippen molar-refractivity contribution in [3.63, 3.8) is 0 Å². The summed E-state index contributed by atoms with van der Waals surface area (Å²) < 4.78 is 0. The van der Waals surface area contributed by atoms with Crippen molar-refractivity contribution in [1.29, 1.82) is 0 Å². The Morgan fingerprint density at radius 3 is 2.75 bits per heavy atom. The van der Waals surface area contributed by atoms with E-state index in [0.29, 0.717) is 5.92 Å². The summed E-state index contributed by atoms with van der Waals surface area (Å²) >= 11 is 0.